The average molecular weight is 186 g/mol. The summed E-state index contributed by atoms with van der Waals surface area (Å²) in [5, 5.41) is 3.47. The summed E-state index contributed by atoms with van der Waals surface area (Å²) in [6.45, 7) is 7.07. The summed E-state index contributed by atoms with van der Waals surface area (Å²) in [6.07, 6.45) is 1.31. The second-order valence-electron chi connectivity index (χ2n) is 5.00. The Kier molecular flexibility index (Phi) is 2.32. The number of alkyl halides is 1. The van der Waals surface area contributed by atoms with E-state index < -0.39 is 6.17 Å². The number of nitrogens with one attached hydrogen (secondary N) is 1. The Morgan fingerprint density at radius 1 is 1.46 bits per heavy atom. The van der Waals surface area contributed by atoms with Gasteiger partial charge in [0.15, 0.2) is 0 Å². The molecule has 2 aliphatic rings. The van der Waals surface area contributed by atoms with Crippen LogP contribution in [0.5, 0.6) is 0 Å². The molecular formula is C10H19FN2. The summed E-state index contributed by atoms with van der Waals surface area (Å²) in [7, 11) is 0. The predicted octanol–water partition coefficient (Wildman–Crippen LogP) is 1.17. The maximum Gasteiger partial charge on any atom is 0.114 e. The summed E-state index contributed by atoms with van der Waals surface area (Å²) in [5.74, 6) is 0. The van der Waals surface area contributed by atoms with Crippen molar-refractivity contribution in [1.82, 2.24) is 10.2 Å². The molecule has 2 saturated heterocycles. The molecule has 1 N–H and O–H groups in total. The molecule has 2 unspecified atom stereocenters. The minimum atomic E-state index is -0.580. The zero-order valence-corrected chi connectivity index (χ0v) is 8.52. The van der Waals surface area contributed by atoms with Crippen LogP contribution >= 0.6 is 0 Å². The van der Waals surface area contributed by atoms with Crippen LogP contribution in [0, 0.1) is 0 Å². The van der Waals surface area contributed by atoms with Crippen molar-refractivity contribution in [1.29, 1.82) is 0 Å². The summed E-state index contributed by atoms with van der Waals surface area (Å²) in [6, 6.07) is 0.566. The lowest BCUT2D eigenvalue weighted by molar-refractivity contribution is 0.226. The normalized spacial score (nSPS) is 39.9. The molecular weight excluding hydrogens is 167 g/mol. The van der Waals surface area contributed by atoms with Gasteiger partial charge in [-0.2, -0.15) is 0 Å². The van der Waals surface area contributed by atoms with Crippen LogP contribution in [0.4, 0.5) is 4.39 Å². The highest BCUT2D eigenvalue weighted by atomic mass is 19.1. The van der Waals surface area contributed by atoms with Crippen molar-refractivity contribution in [2.24, 2.45) is 0 Å². The Bertz CT molecular complexity index is 193. The zero-order valence-electron chi connectivity index (χ0n) is 8.52. The molecule has 0 saturated carbocycles. The third-order valence-corrected chi connectivity index (χ3v) is 3.24. The Hall–Kier alpha value is -0.150. The van der Waals surface area contributed by atoms with Gasteiger partial charge < -0.3 is 5.32 Å². The summed E-state index contributed by atoms with van der Waals surface area (Å²) in [5.41, 5.74) is 0.249. The number of likely N-dealkylation sites (tertiary alicyclic amines) is 1. The van der Waals surface area contributed by atoms with Crippen LogP contribution < -0.4 is 5.32 Å². The molecule has 2 rings (SSSR count). The van der Waals surface area contributed by atoms with Gasteiger partial charge in [0, 0.05) is 31.2 Å². The van der Waals surface area contributed by atoms with E-state index in [0.29, 0.717) is 12.6 Å². The zero-order chi connectivity index (χ0) is 9.47. The van der Waals surface area contributed by atoms with Crippen LogP contribution in [0.3, 0.4) is 0 Å². The van der Waals surface area contributed by atoms with Crippen LogP contribution in [0.2, 0.25) is 0 Å². The molecule has 13 heavy (non-hydrogen) atoms. The van der Waals surface area contributed by atoms with Crippen LogP contribution in [-0.2, 0) is 0 Å². The third-order valence-electron chi connectivity index (χ3n) is 3.24. The van der Waals surface area contributed by atoms with Gasteiger partial charge in [-0.1, -0.05) is 0 Å². The maximum atomic E-state index is 13.0. The van der Waals surface area contributed by atoms with Crippen LogP contribution in [0.25, 0.3) is 0 Å². The number of halogens is 1. The van der Waals surface area contributed by atoms with Gasteiger partial charge in [0.1, 0.15) is 6.17 Å². The second-order valence-corrected chi connectivity index (χ2v) is 5.00. The van der Waals surface area contributed by atoms with E-state index in [1.807, 2.05) is 0 Å². The van der Waals surface area contributed by atoms with Crippen molar-refractivity contribution >= 4 is 0 Å². The molecule has 2 heterocycles. The standard InChI is InChI=1S/C10H19FN2/c1-10(2)5-9(6-12-10)13-4-3-8(11)7-13/h8-9,12H,3-7H2,1-2H3. The molecule has 2 nitrogen and oxygen atoms in total. The number of nitrogens with zero attached hydrogens (tertiary/aromatic N) is 1. The number of rotatable bonds is 1. The maximum absolute atomic E-state index is 13.0. The van der Waals surface area contributed by atoms with Gasteiger partial charge in [-0.3, -0.25) is 4.90 Å². The molecule has 2 fully saturated rings. The van der Waals surface area contributed by atoms with Gasteiger partial charge in [-0.25, -0.2) is 4.39 Å². The van der Waals surface area contributed by atoms with Crippen molar-refractivity contribution in [2.45, 2.75) is 44.4 Å². The Morgan fingerprint density at radius 2 is 2.23 bits per heavy atom. The van der Waals surface area contributed by atoms with Gasteiger partial charge in [-0.05, 0) is 26.7 Å². The van der Waals surface area contributed by atoms with E-state index in [2.05, 4.69) is 24.1 Å². The van der Waals surface area contributed by atoms with E-state index in [0.717, 1.165) is 25.9 Å². The lowest BCUT2D eigenvalue weighted by Crippen LogP contribution is -2.35. The first-order valence-electron chi connectivity index (χ1n) is 5.20. The van der Waals surface area contributed by atoms with E-state index in [-0.39, 0.29) is 5.54 Å². The molecule has 76 valence electrons. The van der Waals surface area contributed by atoms with E-state index in [1.54, 1.807) is 0 Å². The summed E-state index contributed by atoms with van der Waals surface area (Å²) >= 11 is 0. The molecule has 0 aliphatic carbocycles. The highest BCUT2D eigenvalue weighted by molar-refractivity contribution is 4.96. The van der Waals surface area contributed by atoms with Crippen molar-refractivity contribution in [3.05, 3.63) is 0 Å². The van der Waals surface area contributed by atoms with E-state index >= 15 is 0 Å². The molecule has 0 radical (unpaired) electrons. The molecule has 0 aromatic rings. The van der Waals surface area contributed by atoms with Gasteiger partial charge in [0.2, 0.25) is 0 Å². The SMILES string of the molecule is CC1(C)CC(N2CCC(F)C2)CN1. The smallest absolute Gasteiger partial charge is 0.114 e. The van der Waals surface area contributed by atoms with Crippen molar-refractivity contribution in [2.75, 3.05) is 19.6 Å². The number of hydrogen-bond acceptors (Lipinski definition) is 2. The molecule has 0 aromatic carbocycles. The lowest BCUT2D eigenvalue weighted by Gasteiger charge is -2.23. The molecule has 0 spiro atoms. The lowest BCUT2D eigenvalue weighted by atomic mass is 10.0. The fraction of sp³-hybridized carbons (Fsp3) is 1.00. The van der Waals surface area contributed by atoms with Crippen LogP contribution in [0.1, 0.15) is 26.7 Å². The first-order chi connectivity index (χ1) is 6.07. The second kappa shape index (κ2) is 3.21. The van der Waals surface area contributed by atoms with Crippen molar-refractivity contribution in [3.63, 3.8) is 0 Å². The Balaban J connectivity index is 1.89. The Labute approximate surface area is 79.5 Å². The first kappa shape index (κ1) is 9.41. The Morgan fingerprint density at radius 3 is 2.69 bits per heavy atom. The molecule has 2 atom stereocenters. The fourth-order valence-electron chi connectivity index (χ4n) is 2.46. The molecule has 0 amide bonds. The van der Waals surface area contributed by atoms with E-state index in [9.17, 15) is 4.39 Å². The largest absolute Gasteiger partial charge is 0.310 e. The molecule has 0 bridgehead atoms. The van der Waals surface area contributed by atoms with Gasteiger partial charge >= 0.3 is 0 Å². The third kappa shape index (κ3) is 2.02. The van der Waals surface area contributed by atoms with Gasteiger partial charge in [-0.15, -0.1) is 0 Å². The highest BCUT2D eigenvalue weighted by Gasteiger charge is 2.36. The van der Waals surface area contributed by atoms with Crippen molar-refractivity contribution < 1.29 is 4.39 Å². The first-order valence-corrected chi connectivity index (χ1v) is 5.20. The van der Waals surface area contributed by atoms with E-state index in [1.165, 1.54) is 0 Å². The minimum absolute atomic E-state index is 0.249. The van der Waals surface area contributed by atoms with Crippen molar-refractivity contribution in [3.8, 4) is 0 Å². The van der Waals surface area contributed by atoms with Crippen LogP contribution in [-0.4, -0.2) is 42.3 Å². The summed E-state index contributed by atoms with van der Waals surface area (Å²) < 4.78 is 13.0. The topological polar surface area (TPSA) is 15.3 Å². The monoisotopic (exact) mass is 186 g/mol. The molecule has 3 heteroatoms. The summed E-state index contributed by atoms with van der Waals surface area (Å²) in [4.78, 5) is 2.30. The van der Waals surface area contributed by atoms with Gasteiger partial charge in [0.25, 0.3) is 0 Å². The van der Waals surface area contributed by atoms with Crippen LogP contribution in [0.15, 0.2) is 0 Å². The highest BCUT2D eigenvalue weighted by Crippen LogP contribution is 2.25. The number of hydrogen-bond donors (Lipinski definition) is 1. The fourth-order valence-corrected chi connectivity index (χ4v) is 2.46. The predicted molar refractivity (Wildman–Crippen MR) is 51.6 cm³/mol. The molecule has 0 aromatic heterocycles. The minimum Gasteiger partial charge on any atom is -0.310 e. The average Bonchev–Trinajstić information content (AvgIpc) is 2.56. The van der Waals surface area contributed by atoms with E-state index in [4.69, 9.17) is 0 Å². The van der Waals surface area contributed by atoms with Gasteiger partial charge in [0.05, 0.1) is 0 Å². The quantitative estimate of drug-likeness (QED) is 0.661. The molecule has 2 aliphatic heterocycles.